The Morgan fingerprint density at radius 3 is 2.27 bits per heavy atom. The van der Waals surface area contributed by atoms with Crippen molar-refractivity contribution in [3.8, 4) is 11.4 Å². The van der Waals surface area contributed by atoms with Crippen LogP contribution in [0.25, 0.3) is 11.4 Å². The van der Waals surface area contributed by atoms with Crippen LogP contribution in [0.1, 0.15) is 28.8 Å². The molecule has 3 fully saturated rings. The molecule has 2 bridgehead atoms. The summed E-state index contributed by atoms with van der Waals surface area (Å²) >= 11 is 0. The fraction of sp³-hybridized carbons (Fsp3) is 0.393. The van der Waals surface area contributed by atoms with E-state index in [4.69, 9.17) is 29.2 Å². The van der Waals surface area contributed by atoms with Gasteiger partial charge in [-0.2, -0.15) is 15.0 Å². The molecule has 4 aliphatic rings. The van der Waals surface area contributed by atoms with Gasteiger partial charge in [-0.15, -0.1) is 0 Å². The number of nitrogens with one attached hydrogen (secondary N) is 2. The van der Waals surface area contributed by atoms with Crippen molar-refractivity contribution < 1.29 is 23.8 Å². The Labute approximate surface area is 230 Å². The molecule has 7 rings (SSSR count). The van der Waals surface area contributed by atoms with E-state index in [0.717, 1.165) is 50.1 Å². The largest absolute Gasteiger partial charge is 0.457 e. The van der Waals surface area contributed by atoms with Crippen molar-refractivity contribution in [1.29, 1.82) is 0 Å². The molecule has 206 valence electrons. The van der Waals surface area contributed by atoms with Crippen molar-refractivity contribution in [2.45, 2.75) is 31.7 Å². The minimum atomic E-state index is -0.392. The molecule has 12 heteroatoms. The van der Waals surface area contributed by atoms with Crippen LogP contribution in [-0.2, 0) is 20.8 Å². The van der Waals surface area contributed by atoms with Gasteiger partial charge < -0.3 is 34.6 Å². The summed E-state index contributed by atoms with van der Waals surface area (Å²) in [6.07, 6.45) is 2.57. The van der Waals surface area contributed by atoms with Gasteiger partial charge in [-0.1, -0.05) is 0 Å². The number of cyclic esters (lactones) is 1. The second-order valence-electron chi connectivity index (χ2n) is 10.3. The molecule has 2 N–H and O–H groups in total. The number of anilines is 4. The first kappa shape index (κ1) is 24.7. The molecule has 12 nitrogen and oxygen atoms in total. The van der Waals surface area contributed by atoms with Crippen molar-refractivity contribution in [2.75, 3.05) is 59.8 Å². The van der Waals surface area contributed by atoms with E-state index in [1.807, 2.05) is 24.3 Å². The van der Waals surface area contributed by atoms with Crippen LogP contribution in [0, 0.1) is 0 Å². The number of ether oxygens (including phenoxy) is 3. The van der Waals surface area contributed by atoms with Crippen molar-refractivity contribution in [3.05, 3.63) is 53.6 Å². The molecule has 2 unspecified atom stereocenters. The van der Waals surface area contributed by atoms with Crippen LogP contribution in [0.15, 0.2) is 42.5 Å². The molecule has 0 spiro atoms. The lowest BCUT2D eigenvalue weighted by Crippen LogP contribution is -2.44. The topological polar surface area (TPSA) is 131 Å². The van der Waals surface area contributed by atoms with Crippen LogP contribution in [-0.4, -0.2) is 78.6 Å². The molecule has 2 atom stereocenters. The first-order chi connectivity index (χ1) is 19.6. The maximum atomic E-state index is 12.6. The van der Waals surface area contributed by atoms with Crippen molar-refractivity contribution in [2.24, 2.45) is 0 Å². The molecule has 2 amide bonds. The van der Waals surface area contributed by atoms with Gasteiger partial charge in [0.1, 0.15) is 6.61 Å². The van der Waals surface area contributed by atoms with E-state index < -0.39 is 6.03 Å². The van der Waals surface area contributed by atoms with E-state index in [1.54, 1.807) is 18.2 Å². The fourth-order valence-electron chi connectivity index (χ4n) is 5.51. The van der Waals surface area contributed by atoms with Crippen LogP contribution in [0.4, 0.5) is 28.1 Å². The second-order valence-corrected chi connectivity index (χ2v) is 10.3. The molecule has 3 aromatic rings. The lowest BCUT2D eigenvalue weighted by molar-refractivity contribution is 0.0299. The Morgan fingerprint density at radius 2 is 1.52 bits per heavy atom. The molecule has 0 aliphatic carbocycles. The molecular formula is C28H29N7O5. The zero-order valence-corrected chi connectivity index (χ0v) is 21.8. The highest BCUT2D eigenvalue weighted by Crippen LogP contribution is 2.30. The lowest BCUT2D eigenvalue weighted by Gasteiger charge is -2.33. The maximum absolute atomic E-state index is 12.6. The summed E-state index contributed by atoms with van der Waals surface area (Å²) in [7, 11) is 0. The highest BCUT2D eigenvalue weighted by atomic mass is 16.5. The normalized spacial score (nSPS) is 21.6. The monoisotopic (exact) mass is 543 g/mol. The number of aromatic nitrogens is 3. The zero-order chi connectivity index (χ0) is 27.1. The summed E-state index contributed by atoms with van der Waals surface area (Å²) < 4.78 is 16.6. The van der Waals surface area contributed by atoms with Gasteiger partial charge >= 0.3 is 12.0 Å². The van der Waals surface area contributed by atoms with Gasteiger partial charge in [0.25, 0.3) is 0 Å². The Hall–Kier alpha value is -4.29. The van der Waals surface area contributed by atoms with Crippen LogP contribution in [0.3, 0.4) is 0 Å². The summed E-state index contributed by atoms with van der Waals surface area (Å²) in [5.41, 5.74) is 3.30. The third kappa shape index (κ3) is 5.03. The van der Waals surface area contributed by atoms with E-state index in [2.05, 4.69) is 20.4 Å². The number of urea groups is 1. The number of benzene rings is 2. The predicted molar refractivity (Wildman–Crippen MR) is 147 cm³/mol. The number of rotatable bonds is 5. The van der Waals surface area contributed by atoms with Crippen LogP contribution < -0.4 is 20.4 Å². The lowest BCUT2D eigenvalue weighted by atomic mass is 10.1. The fourth-order valence-corrected chi connectivity index (χ4v) is 5.51. The zero-order valence-electron chi connectivity index (χ0n) is 21.8. The van der Waals surface area contributed by atoms with Gasteiger partial charge in [0.15, 0.2) is 5.82 Å². The average molecular weight is 544 g/mol. The van der Waals surface area contributed by atoms with Gasteiger partial charge in [0.2, 0.25) is 11.9 Å². The number of hydrogen-bond acceptors (Lipinski definition) is 10. The smallest absolute Gasteiger partial charge is 0.338 e. The third-order valence-electron chi connectivity index (χ3n) is 7.57. The summed E-state index contributed by atoms with van der Waals surface area (Å²) in [5.74, 6) is 1.54. The number of amides is 2. The minimum absolute atomic E-state index is 0.214. The van der Waals surface area contributed by atoms with E-state index >= 15 is 0 Å². The Balaban J connectivity index is 1.09. The molecule has 3 saturated heterocycles. The van der Waals surface area contributed by atoms with Gasteiger partial charge in [-0.25, -0.2) is 9.59 Å². The number of nitrogens with zero attached hydrogens (tertiary/aromatic N) is 5. The molecule has 40 heavy (non-hydrogen) atoms. The molecule has 4 aliphatic heterocycles. The maximum Gasteiger partial charge on any atom is 0.338 e. The number of esters is 1. The van der Waals surface area contributed by atoms with Crippen molar-refractivity contribution in [1.82, 2.24) is 15.0 Å². The van der Waals surface area contributed by atoms with Gasteiger partial charge in [0.05, 0.1) is 31.0 Å². The van der Waals surface area contributed by atoms with E-state index in [-0.39, 0.29) is 24.8 Å². The summed E-state index contributed by atoms with van der Waals surface area (Å²) in [4.78, 5) is 43.1. The molecule has 1 aromatic heterocycles. The molecule has 2 aromatic carbocycles. The minimum Gasteiger partial charge on any atom is -0.457 e. The highest BCUT2D eigenvalue weighted by molar-refractivity contribution is 6.01. The highest BCUT2D eigenvalue weighted by Gasteiger charge is 2.35. The number of carbonyl (C=O) groups is 2. The third-order valence-corrected chi connectivity index (χ3v) is 7.57. The summed E-state index contributed by atoms with van der Waals surface area (Å²) in [6.45, 7) is 4.48. The predicted octanol–water partition coefficient (Wildman–Crippen LogP) is 3.06. The van der Waals surface area contributed by atoms with Gasteiger partial charge in [-0.3, -0.25) is 0 Å². The standard InChI is InChI=1S/C28H29N7O5/c36-25-23-8-5-20(13-18(23)16-39-25)30-28(37)29-19-3-1-17(2-4-19)24-31-26(34-9-11-38-12-10-34)33-27(32-24)35-14-21-6-7-22(15-35)40-21/h1-5,8,13,21-22H,6-7,9-12,14-16H2,(H2,29,30,37). The number of fused-ring (bicyclic) bond motifs is 3. The average Bonchev–Trinajstić information content (AvgIpc) is 3.53. The number of carbonyl (C=O) groups excluding carboxylic acids is 2. The first-order valence-corrected chi connectivity index (χ1v) is 13.5. The van der Waals surface area contributed by atoms with E-state index in [9.17, 15) is 9.59 Å². The summed E-state index contributed by atoms with van der Waals surface area (Å²) in [5, 5.41) is 5.64. The molecular weight excluding hydrogens is 514 g/mol. The molecule has 0 radical (unpaired) electrons. The Bertz CT molecular complexity index is 1430. The number of hydrogen-bond donors (Lipinski definition) is 2. The van der Waals surface area contributed by atoms with Gasteiger partial charge in [0, 0.05) is 48.7 Å². The Kier molecular flexibility index (Phi) is 6.40. The van der Waals surface area contributed by atoms with E-state index in [0.29, 0.717) is 47.9 Å². The Morgan fingerprint density at radius 1 is 0.850 bits per heavy atom. The molecule has 5 heterocycles. The van der Waals surface area contributed by atoms with E-state index in [1.165, 1.54) is 0 Å². The van der Waals surface area contributed by atoms with Crippen LogP contribution >= 0.6 is 0 Å². The molecule has 0 saturated carbocycles. The van der Waals surface area contributed by atoms with Gasteiger partial charge in [-0.05, 0) is 55.3 Å². The van der Waals surface area contributed by atoms with Crippen molar-refractivity contribution in [3.63, 3.8) is 0 Å². The summed E-state index contributed by atoms with van der Waals surface area (Å²) in [6, 6.07) is 12.1. The SMILES string of the molecule is O=C(Nc1ccc(-c2nc(N3CCOCC3)nc(N3CC4CCC(C3)O4)n2)cc1)Nc1ccc2c(c1)COC2=O. The van der Waals surface area contributed by atoms with Crippen LogP contribution in [0.2, 0.25) is 0 Å². The van der Waals surface area contributed by atoms with Crippen LogP contribution in [0.5, 0.6) is 0 Å². The quantitative estimate of drug-likeness (QED) is 0.463. The second kappa shape index (κ2) is 10.4. The first-order valence-electron chi connectivity index (χ1n) is 13.5. The van der Waals surface area contributed by atoms with Crippen molar-refractivity contribution >= 4 is 35.3 Å². The number of morpholine rings is 2.